The smallest absolute Gasteiger partial charge is 0.302 e. The van der Waals surface area contributed by atoms with Crippen LogP contribution in [0.5, 0.6) is 5.75 Å². The van der Waals surface area contributed by atoms with Gasteiger partial charge in [0.25, 0.3) is 0 Å². The number of carbonyl (C=O) groups is 2. The van der Waals surface area contributed by atoms with E-state index in [9.17, 15) is 14.7 Å². The quantitative estimate of drug-likeness (QED) is 0.731. The maximum atomic E-state index is 11.9. The fraction of sp³-hybridized carbons (Fsp3) is 0.652. The van der Waals surface area contributed by atoms with Crippen LogP contribution in [-0.4, -0.2) is 43.0 Å². The highest BCUT2D eigenvalue weighted by molar-refractivity contribution is 5.67. The molecule has 2 aliphatic carbocycles. The van der Waals surface area contributed by atoms with Gasteiger partial charge in [0, 0.05) is 31.8 Å². The van der Waals surface area contributed by atoms with E-state index >= 15 is 0 Å². The van der Waals surface area contributed by atoms with E-state index in [4.69, 9.17) is 14.2 Å². The number of ether oxygens (including phenoxy) is 3. The Bertz CT molecular complexity index is 729. The number of aliphatic hydroxyl groups excluding tert-OH is 1. The molecule has 0 unspecified atom stereocenters. The lowest BCUT2D eigenvalue weighted by atomic mass is 9.56. The van der Waals surface area contributed by atoms with Crippen LogP contribution in [0.4, 0.5) is 0 Å². The summed E-state index contributed by atoms with van der Waals surface area (Å²) in [6.45, 7) is 5.07. The first-order valence-electron chi connectivity index (χ1n) is 10.4. The first-order valence-corrected chi connectivity index (χ1v) is 10.4. The summed E-state index contributed by atoms with van der Waals surface area (Å²) in [6.07, 6.45) is 2.44. The molecule has 6 nitrogen and oxygen atoms in total. The number of esters is 2. The van der Waals surface area contributed by atoms with E-state index in [1.165, 1.54) is 13.8 Å². The molecule has 3 rings (SSSR count). The summed E-state index contributed by atoms with van der Waals surface area (Å²) in [5.41, 5.74) is 0.794. The first kappa shape index (κ1) is 21.6. The molecule has 2 aliphatic rings. The standard InChI is InChI=1S/C23H32O6/c1-14(25)28-20-13-23(3)19(9-10-21(23)29-15(2)26)18(11-12-24)22(20)16-5-7-17(27-4)8-6-16/h5-8,18-22,24H,9-13H2,1-4H3/t18-,19-,20-,21-,22+,23-/m0/s1. The number of rotatable bonds is 6. The predicted octanol–water partition coefficient (Wildman–Crippen LogP) is 3.46. The molecule has 0 spiro atoms. The van der Waals surface area contributed by atoms with Gasteiger partial charge in [-0.15, -0.1) is 0 Å². The van der Waals surface area contributed by atoms with Crippen LogP contribution in [-0.2, 0) is 19.1 Å². The molecule has 1 N–H and O–H groups in total. The molecular formula is C23H32O6. The van der Waals surface area contributed by atoms with Gasteiger partial charge in [-0.25, -0.2) is 0 Å². The summed E-state index contributed by atoms with van der Waals surface area (Å²) in [6, 6.07) is 7.87. The van der Waals surface area contributed by atoms with E-state index in [1.54, 1.807) is 7.11 Å². The van der Waals surface area contributed by atoms with Crippen molar-refractivity contribution in [3.8, 4) is 5.75 Å². The largest absolute Gasteiger partial charge is 0.497 e. The van der Waals surface area contributed by atoms with E-state index in [-0.39, 0.29) is 53.9 Å². The summed E-state index contributed by atoms with van der Waals surface area (Å²) in [4.78, 5) is 23.6. The van der Waals surface area contributed by atoms with Crippen molar-refractivity contribution in [1.29, 1.82) is 0 Å². The van der Waals surface area contributed by atoms with E-state index < -0.39 is 0 Å². The van der Waals surface area contributed by atoms with Gasteiger partial charge < -0.3 is 19.3 Å². The first-order chi connectivity index (χ1) is 13.8. The number of methoxy groups -OCH3 is 1. The van der Waals surface area contributed by atoms with Gasteiger partial charge in [-0.05, 0) is 55.2 Å². The van der Waals surface area contributed by atoms with Crippen LogP contribution in [0.2, 0.25) is 0 Å². The molecule has 1 aromatic carbocycles. The Morgan fingerprint density at radius 1 is 1.10 bits per heavy atom. The third kappa shape index (κ3) is 4.27. The number of hydrogen-bond acceptors (Lipinski definition) is 6. The van der Waals surface area contributed by atoms with Crippen molar-refractivity contribution in [3.05, 3.63) is 29.8 Å². The van der Waals surface area contributed by atoms with Gasteiger partial charge in [0.2, 0.25) is 0 Å². The van der Waals surface area contributed by atoms with Crippen LogP contribution in [0.15, 0.2) is 24.3 Å². The van der Waals surface area contributed by atoms with Crippen molar-refractivity contribution < 1.29 is 28.9 Å². The van der Waals surface area contributed by atoms with Crippen LogP contribution in [0.3, 0.4) is 0 Å². The van der Waals surface area contributed by atoms with Crippen LogP contribution in [0.1, 0.15) is 57.9 Å². The van der Waals surface area contributed by atoms with Crippen molar-refractivity contribution >= 4 is 11.9 Å². The van der Waals surface area contributed by atoms with Gasteiger partial charge in [-0.1, -0.05) is 19.1 Å². The number of benzene rings is 1. The molecule has 1 aromatic rings. The molecule has 0 radical (unpaired) electrons. The fourth-order valence-corrected chi connectivity index (χ4v) is 5.84. The molecule has 6 atom stereocenters. The average Bonchev–Trinajstić information content (AvgIpc) is 2.97. The van der Waals surface area contributed by atoms with Gasteiger partial charge in [0.1, 0.15) is 18.0 Å². The van der Waals surface area contributed by atoms with Gasteiger partial charge in [-0.2, -0.15) is 0 Å². The molecule has 2 fully saturated rings. The Morgan fingerprint density at radius 2 is 1.76 bits per heavy atom. The predicted molar refractivity (Wildman–Crippen MR) is 107 cm³/mol. The Labute approximate surface area is 172 Å². The molecule has 0 saturated heterocycles. The summed E-state index contributed by atoms with van der Waals surface area (Å²) in [7, 11) is 1.63. The second kappa shape index (κ2) is 8.74. The lowest BCUT2D eigenvalue weighted by molar-refractivity contribution is -0.168. The minimum atomic E-state index is -0.338. The van der Waals surface area contributed by atoms with Crippen LogP contribution >= 0.6 is 0 Å². The lowest BCUT2D eigenvalue weighted by Crippen LogP contribution is -2.50. The van der Waals surface area contributed by atoms with Gasteiger partial charge in [0.05, 0.1) is 7.11 Å². The summed E-state index contributed by atoms with van der Waals surface area (Å²) in [5, 5.41) is 9.84. The van der Waals surface area contributed by atoms with Gasteiger partial charge >= 0.3 is 11.9 Å². The molecule has 0 aromatic heterocycles. The third-order valence-corrected chi connectivity index (χ3v) is 6.93. The maximum Gasteiger partial charge on any atom is 0.302 e. The summed E-state index contributed by atoms with van der Waals surface area (Å²) < 4.78 is 16.8. The molecule has 0 amide bonds. The molecule has 6 heteroatoms. The van der Waals surface area contributed by atoms with Crippen molar-refractivity contribution in [2.75, 3.05) is 13.7 Å². The van der Waals surface area contributed by atoms with E-state index in [1.807, 2.05) is 24.3 Å². The molecular weight excluding hydrogens is 372 g/mol. The zero-order chi connectivity index (χ0) is 21.2. The normalized spacial score (nSPS) is 33.6. The molecule has 0 bridgehead atoms. The van der Waals surface area contributed by atoms with Gasteiger partial charge in [0.15, 0.2) is 0 Å². The van der Waals surface area contributed by atoms with Crippen LogP contribution < -0.4 is 4.74 Å². The summed E-state index contributed by atoms with van der Waals surface area (Å²) in [5.74, 6) is 0.547. The van der Waals surface area contributed by atoms with E-state index in [0.717, 1.165) is 24.2 Å². The van der Waals surface area contributed by atoms with Crippen molar-refractivity contribution in [2.45, 2.75) is 64.6 Å². The zero-order valence-electron chi connectivity index (χ0n) is 17.7. The second-order valence-corrected chi connectivity index (χ2v) is 8.61. The molecule has 160 valence electrons. The van der Waals surface area contributed by atoms with Crippen molar-refractivity contribution in [1.82, 2.24) is 0 Å². The lowest BCUT2D eigenvalue weighted by Gasteiger charge is -2.51. The van der Waals surface area contributed by atoms with Crippen LogP contribution in [0.25, 0.3) is 0 Å². The number of aliphatic hydroxyl groups is 1. The average molecular weight is 405 g/mol. The molecule has 0 aliphatic heterocycles. The Kier molecular flexibility index (Phi) is 6.52. The molecule has 29 heavy (non-hydrogen) atoms. The fourth-order valence-electron chi connectivity index (χ4n) is 5.84. The Morgan fingerprint density at radius 3 is 2.31 bits per heavy atom. The molecule has 2 saturated carbocycles. The Balaban J connectivity index is 2.01. The highest BCUT2D eigenvalue weighted by atomic mass is 16.6. The number of carbonyl (C=O) groups excluding carboxylic acids is 2. The van der Waals surface area contributed by atoms with Crippen molar-refractivity contribution in [3.63, 3.8) is 0 Å². The van der Waals surface area contributed by atoms with Crippen LogP contribution in [0, 0.1) is 17.3 Å². The highest BCUT2D eigenvalue weighted by Crippen LogP contribution is 2.60. The minimum absolute atomic E-state index is 0.0221. The maximum absolute atomic E-state index is 11.9. The number of hydrogen-bond donors (Lipinski definition) is 1. The third-order valence-electron chi connectivity index (χ3n) is 6.93. The monoisotopic (exact) mass is 404 g/mol. The number of fused-ring (bicyclic) bond motifs is 1. The minimum Gasteiger partial charge on any atom is -0.497 e. The topological polar surface area (TPSA) is 82.1 Å². The second-order valence-electron chi connectivity index (χ2n) is 8.61. The highest BCUT2D eigenvalue weighted by Gasteiger charge is 2.59. The zero-order valence-corrected chi connectivity index (χ0v) is 17.7. The Hall–Kier alpha value is -2.08. The van der Waals surface area contributed by atoms with Crippen molar-refractivity contribution in [2.24, 2.45) is 17.3 Å². The molecule has 0 heterocycles. The SMILES string of the molecule is COc1ccc([C@@H]2[C@@H](CCO)[C@@H]3CC[C@H](OC(C)=O)[C@@]3(C)C[C@@H]2OC(C)=O)cc1. The van der Waals surface area contributed by atoms with E-state index in [0.29, 0.717) is 12.8 Å². The van der Waals surface area contributed by atoms with E-state index in [2.05, 4.69) is 6.92 Å². The van der Waals surface area contributed by atoms with Gasteiger partial charge in [-0.3, -0.25) is 9.59 Å². The summed E-state index contributed by atoms with van der Waals surface area (Å²) >= 11 is 0.